The fourth-order valence-corrected chi connectivity index (χ4v) is 2.88. The summed E-state index contributed by atoms with van der Waals surface area (Å²) in [5.41, 5.74) is 3.56. The average Bonchev–Trinajstić information content (AvgIpc) is 3.29. The Morgan fingerprint density at radius 2 is 2.04 bits per heavy atom. The predicted molar refractivity (Wildman–Crippen MR) is 99.1 cm³/mol. The second-order valence-corrected chi connectivity index (χ2v) is 6.30. The van der Waals surface area contributed by atoms with E-state index in [0.29, 0.717) is 23.5 Å². The molecule has 0 aliphatic rings. The number of hydrogen-bond acceptors (Lipinski definition) is 4. The van der Waals surface area contributed by atoms with Gasteiger partial charge in [0.05, 0.1) is 11.9 Å². The topological polar surface area (TPSA) is 76.0 Å². The van der Waals surface area contributed by atoms with Crippen molar-refractivity contribution in [3.05, 3.63) is 53.5 Å². The molecule has 0 bridgehead atoms. The first-order valence-electron chi connectivity index (χ1n) is 8.76. The van der Waals surface area contributed by atoms with Crippen LogP contribution < -0.4 is 4.74 Å². The number of carbonyl (C=O) groups is 1. The van der Waals surface area contributed by atoms with Crippen molar-refractivity contribution in [1.82, 2.24) is 24.9 Å². The smallest absolute Gasteiger partial charge is 0.387 e. The van der Waals surface area contributed by atoms with Gasteiger partial charge in [0.1, 0.15) is 11.4 Å². The van der Waals surface area contributed by atoms with Gasteiger partial charge in [-0.1, -0.05) is 0 Å². The Hall–Kier alpha value is -3.23. The zero-order valence-electron chi connectivity index (χ0n) is 15.8. The second-order valence-electron chi connectivity index (χ2n) is 6.30. The minimum atomic E-state index is -2.87. The van der Waals surface area contributed by atoms with E-state index in [2.05, 4.69) is 20.0 Å². The maximum Gasteiger partial charge on any atom is 0.387 e. The first kappa shape index (κ1) is 19.5. The van der Waals surface area contributed by atoms with E-state index in [4.69, 9.17) is 0 Å². The first-order valence-corrected chi connectivity index (χ1v) is 8.76. The van der Waals surface area contributed by atoms with E-state index >= 15 is 0 Å². The number of amides is 1. The number of H-pyrrole nitrogens is 1. The molecule has 148 valence electrons. The lowest BCUT2D eigenvalue weighted by Gasteiger charge is -2.15. The third-order valence-corrected chi connectivity index (χ3v) is 4.44. The molecule has 1 amide bonds. The summed E-state index contributed by atoms with van der Waals surface area (Å²) in [6.45, 7) is 2.31. The Morgan fingerprint density at radius 1 is 1.32 bits per heavy atom. The van der Waals surface area contributed by atoms with Crippen LogP contribution in [0.15, 0.2) is 36.5 Å². The number of nitrogens with zero attached hydrogens (tertiary/aromatic N) is 4. The maximum absolute atomic E-state index is 12.7. The third-order valence-electron chi connectivity index (χ3n) is 4.44. The summed E-state index contributed by atoms with van der Waals surface area (Å²) >= 11 is 0. The van der Waals surface area contributed by atoms with Crippen LogP contribution >= 0.6 is 0 Å². The highest BCUT2D eigenvalue weighted by atomic mass is 19.3. The van der Waals surface area contributed by atoms with Crippen LogP contribution in [0.2, 0.25) is 0 Å². The molecule has 0 aliphatic carbocycles. The molecule has 0 atom stereocenters. The van der Waals surface area contributed by atoms with Gasteiger partial charge >= 0.3 is 6.61 Å². The maximum atomic E-state index is 12.7. The van der Waals surface area contributed by atoms with E-state index in [-0.39, 0.29) is 11.7 Å². The van der Waals surface area contributed by atoms with Crippen molar-refractivity contribution in [2.75, 3.05) is 7.05 Å². The number of nitrogens with one attached hydrogen (secondary N) is 1. The van der Waals surface area contributed by atoms with E-state index in [1.807, 2.05) is 18.5 Å². The van der Waals surface area contributed by atoms with Gasteiger partial charge in [0.25, 0.3) is 5.91 Å². The van der Waals surface area contributed by atoms with Gasteiger partial charge in [-0.2, -0.15) is 19.0 Å². The van der Waals surface area contributed by atoms with Gasteiger partial charge < -0.3 is 9.64 Å². The minimum absolute atomic E-state index is 0.0633. The molecule has 1 aromatic carbocycles. The average molecular weight is 389 g/mol. The standard InChI is InChI=1S/C19H21F2N5O2/c1-4-26-12(2)14(10-22-26)11-25(3)18(27)17-9-16(23-24-17)13-5-7-15(8-6-13)28-19(20)21/h5-10,19H,4,11H2,1-3H3,(H,23,24). The molecule has 0 fully saturated rings. The van der Waals surface area contributed by atoms with Crippen molar-refractivity contribution in [3.8, 4) is 17.0 Å². The van der Waals surface area contributed by atoms with Gasteiger partial charge in [0.15, 0.2) is 0 Å². The van der Waals surface area contributed by atoms with Gasteiger partial charge in [-0.05, 0) is 44.2 Å². The molecular formula is C19H21F2N5O2. The van der Waals surface area contributed by atoms with Crippen molar-refractivity contribution < 1.29 is 18.3 Å². The van der Waals surface area contributed by atoms with E-state index in [1.54, 1.807) is 36.3 Å². The monoisotopic (exact) mass is 389 g/mol. The molecule has 3 rings (SSSR count). The van der Waals surface area contributed by atoms with E-state index in [1.165, 1.54) is 12.1 Å². The number of ether oxygens (including phenoxy) is 1. The molecule has 0 spiro atoms. The Kier molecular flexibility index (Phi) is 5.72. The molecule has 3 aromatic rings. The molecule has 0 radical (unpaired) electrons. The summed E-state index contributed by atoms with van der Waals surface area (Å²) in [6.07, 6.45) is 1.77. The van der Waals surface area contributed by atoms with Crippen LogP contribution in [0.3, 0.4) is 0 Å². The van der Waals surface area contributed by atoms with Gasteiger partial charge in [-0.25, -0.2) is 0 Å². The van der Waals surface area contributed by atoms with Crippen LogP contribution in [0.4, 0.5) is 8.78 Å². The molecule has 0 aliphatic heterocycles. The molecular weight excluding hydrogens is 368 g/mol. The summed E-state index contributed by atoms with van der Waals surface area (Å²) < 4.78 is 30.7. The van der Waals surface area contributed by atoms with Crippen molar-refractivity contribution in [3.63, 3.8) is 0 Å². The van der Waals surface area contributed by atoms with Crippen LogP contribution in [-0.2, 0) is 13.1 Å². The molecule has 0 saturated carbocycles. The van der Waals surface area contributed by atoms with Crippen molar-refractivity contribution in [1.29, 1.82) is 0 Å². The number of halogens is 2. The van der Waals surface area contributed by atoms with E-state index in [9.17, 15) is 13.6 Å². The van der Waals surface area contributed by atoms with Crippen LogP contribution in [0.1, 0.15) is 28.7 Å². The zero-order valence-corrected chi connectivity index (χ0v) is 15.8. The fourth-order valence-electron chi connectivity index (χ4n) is 2.88. The number of aryl methyl sites for hydroxylation is 1. The Bertz CT molecular complexity index is 950. The van der Waals surface area contributed by atoms with E-state index < -0.39 is 6.61 Å². The van der Waals surface area contributed by atoms with Crippen molar-refractivity contribution in [2.45, 2.75) is 33.5 Å². The first-order chi connectivity index (χ1) is 13.4. The molecule has 0 saturated heterocycles. The lowest BCUT2D eigenvalue weighted by Crippen LogP contribution is -2.26. The van der Waals surface area contributed by atoms with Crippen molar-refractivity contribution >= 4 is 5.91 Å². The lowest BCUT2D eigenvalue weighted by atomic mass is 10.1. The van der Waals surface area contributed by atoms with Crippen LogP contribution in [0, 0.1) is 6.92 Å². The number of carbonyl (C=O) groups excluding carboxylic acids is 1. The molecule has 7 nitrogen and oxygen atoms in total. The summed E-state index contributed by atoms with van der Waals surface area (Å²) in [4.78, 5) is 14.3. The molecule has 2 aromatic heterocycles. The molecule has 28 heavy (non-hydrogen) atoms. The van der Waals surface area contributed by atoms with Gasteiger partial charge in [0.2, 0.25) is 0 Å². The highest BCUT2D eigenvalue weighted by Gasteiger charge is 2.17. The number of benzene rings is 1. The summed E-state index contributed by atoms with van der Waals surface area (Å²) in [5.74, 6) is -0.145. The number of aromatic nitrogens is 4. The quantitative estimate of drug-likeness (QED) is 0.671. The summed E-state index contributed by atoms with van der Waals surface area (Å²) in [7, 11) is 1.71. The molecule has 2 heterocycles. The molecule has 0 unspecified atom stereocenters. The fraction of sp³-hybridized carbons (Fsp3) is 0.316. The highest BCUT2D eigenvalue weighted by molar-refractivity contribution is 5.93. The van der Waals surface area contributed by atoms with Gasteiger partial charge in [0, 0.05) is 37.0 Å². The summed E-state index contributed by atoms with van der Waals surface area (Å²) in [5, 5.41) is 11.2. The number of alkyl halides is 2. The van der Waals surface area contributed by atoms with Crippen molar-refractivity contribution in [2.24, 2.45) is 0 Å². The Balaban J connectivity index is 1.70. The van der Waals surface area contributed by atoms with Gasteiger partial charge in [-0.15, -0.1) is 0 Å². The van der Waals surface area contributed by atoms with Gasteiger partial charge in [-0.3, -0.25) is 14.6 Å². The largest absolute Gasteiger partial charge is 0.435 e. The predicted octanol–water partition coefficient (Wildman–Crippen LogP) is 3.48. The second kappa shape index (κ2) is 8.20. The number of rotatable bonds is 7. The Morgan fingerprint density at radius 3 is 2.64 bits per heavy atom. The highest BCUT2D eigenvalue weighted by Crippen LogP contribution is 2.23. The number of aromatic amines is 1. The van der Waals surface area contributed by atoms with Crippen LogP contribution in [0.25, 0.3) is 11.3 Å². The molecule has 9 heteroatoms. The van der Waals surface area contributed by atoms with Crippen LogP contribution in [0.5, 0.6) is 5.75 Å². The lowest BCUT2D eigenvalue weighted by molar-refractivity contribution is -0.0498. The minimum Gasteiger partial charge on any atom is -0.435 e. The molecule has 1 N–H and O–H groups in total. The van der Waals surface area contributed by atoms with E-state index in [0.717, 1.165) is 17.8 Å². The number of hydrogen-bond donors (Lipinski definition) is 1. The SMILES string of the molecule is CCn1ncc(CN(C)C(=O)c2cc(-c3ccc(OC(F)F)cc3)n[nH]2)c1C. The third kappa shape index (κ3) is 4.19. The summed E-state index contributed by atoms with van der Waals surface area (Å²) in [6, 6.07) is 7.70. The normalized spacial score (nSPS) is 11.1. The zero-order chi connectivity index (χ0) is 20.3. The Labute approximate surface area is 160 Å². The van der Waals surface area contributed by atoms with Crippen LogP contribution in [-0.4, -0.2) is 44.4 Å².